The van der Waals surface area contributed by atoms with Crippen molar-refractivity contribution in [3.8, 4) is 5.75 Å². The fourth-order valence-electron chi connectivity index (χ4n) is 1.83. The van der Waals surface area contributed by atoms with Gasteiger partial charge in [0, 0.05) is 12.6 Å². The van der Waals surface area contributed by atoms with E-state index in [2.05, 4.69) is 15.2 Å². The van der Waals surface area contributed by atoms with E-state index < -0.39 is 10.0 Å². The summed E-state index contributed by atoms with van der Waals surface area (Å²) in [6, 6.07) is 12.8. The van der Waals surface area contributed by atoms with Gasteiger partial charge in [-0.3, -0.25) is 4.79 Å². The Hall–Kier alpha value is -2.87. The first kappa shape index (κ1) is 17.5. The number of hydrogen-bond donors (Lipinski definition) is 2. The smallest absolute Gasteiger partial charge is 0.276 e. The molecule has 8 heteroatoms. The molecule has 0 radical (unpaired) electrons. The number of ether oxygens (including phenoxy) is 1. The summed E-state index contributed by atoms with van der Waals surface area (Å²) in [7, 11) is -2.21. The zero-order valence-electron chi connectivity index (χ0n) is 13.2. The number of anilines is 1. The van der Waals surface area contributed by atoms with Gasteiger partial charge < -0.3 is 10.1 Å². The van der Waals surface area contributed by atoms with Crippen LogP contribution in [0, 0.1) is 0 Å². The van der Waals surface area contributed by atoms with Crippen molar-refractivity contribution in [2.24, 2.45) is 5.10 Å². The van der Waals surface area contributed by atoms with Crippen LogP contribution in [0.5, 0.6) is 5.75 Å². The molecule has 0 aliphatic heterocycles. The van der Waals surface area contributed by atoms with Crippen molar-refractivity contribution < 1.29 is 17.9 Å². The molecule has 2 aromatic carbocycles. The summed E-state index contributed by atoms with van der Waals surface area (Å²) in [6.07, 6.45) is 1.39. The minimum Gasteiger partial charge on any atom is -0.497 e. The molecule has 2 N–H and O–H groups in total. The fourth-order valence-corrected chi connectivity index (χ4v) is 2.62. The van der Waals surface area contributed by atoms with E-state index in [9.17, 15) is 13.2 Å². The molecule has 0 saturated carbocycles. The number of carbonyl (C=O) groups excluding carboxylic acids is 1. The van der Waals surface area contributed by atoms with Crippen LogP contribution >= 0.6 is 0 Å². The maximum absolute atomic E-state index is 12.1. The predicted octanol–water partition coefficient (Wildman–Crippen LogP) is 1.97. The molecule has 0 spiro atoms. The fraction of sp³-hybridized carbons (Fsp3) is 0.125. The molecule has 0 unspecified atom stereocenters. The van der Waals surface area contributed by atoms with Crippen LogP contribution < -0.4 is 14.9 Å². The molecular weight excluding hydrogens is 330 g/mol. The molecular formula is C16H17N3O4S. The van der Waals surface area contributed by atoms with Crippen LogP contribution in [0.1, 0.15) is 12.5 Å². The van der Waals surface area contributed by atoms with Gasteiger partial charge in [-0.05, 0) is 54.1 Å². The van der Waals surface area contributed by atoms with Gasteiger partial charge in [0.1, 0.15) is 5.75 Å². The second-order valence-electron chi connectivity index (χ2n) is 4.83. The summed E-state index contributed by atoms with van der Waals surface area (Å²) in [4.78, 5) is 13.1. The Bertz CT molecular complexity index is 829. The number of hydrazone groups is 1. The maximum atomic E-state index is 12.1. The monoisotopic (exact) mass is 347 g/mol. The van der Waals surface area contributed by atoms with Gasteiger partial charge in [0.25, 0.3) is 10.0 Å². The molecule has 2 aromatic rings. The predicted molar refractivity (Wildman–Crippen MR) is 91.7 cm³/mol. The van der Waals surface area contributed by atoms with E-state index >= 15 is 0 Å². The first-order valence-corrected chi connectivity index (χ1v) is 8.45. The Morgan fingerprint density at radius 1 is 1.08 bits per heavy atom. The summed E-state index contributed by atoms with van der Waals surface area (Å²) >= 11 is 0. The zero-order chi connectivity index (χ0) is 17.6. The van der Waals surface area contributed by atoms with Crippen molar-refractivity contribution in [1.82, 2.24) is 4.83 Å². The number of nitrogens with one attached hydrogen (secondary N) is 2. The number of sulfonamides is 1. The molecule has 0 aliphatic rings. The van der Waals surface area contributed by atoms with Crippen molar-refractivity contribution in [1.29, 1.82) is 0 Å². The zero-order valence-corrected chi connectivity index (χ0v) is 14.0. The highest BCUT2D eigenvalue weighted by Crippen LogP contribution is 2.14. The second-order valence-corrected chi connectivity index (χ2v) is 6.49. The molecule has 0 heterocycles. The first-order chi connectivity index (χ1) is 11.4. The number of benzene rings is 2. The summed E-state index contributed by atoms with van der Waals surface area (Å²) < 4.78 is 29.3. The number of carbonyl (C=O) groups is 1. The van der Waals surface area contributed by atoms with Crippen LogP contribution in [0.2, 0.25) is 0 Å². The molecule has 7 nitrogen and oxygen atoms in total. The number of methoxy groups -OCH3 is 1. The lowest BCUT2D eigenvalue weighted by molar-refractivity contribution is -0.114. The van der Waals surface area contributed by atoms with E-state index in [0.29, 0.717) is 11.4 Å². The minimum absolute atomic E-state index is 0.0449. The van der Waals surface area contributed by atoms with E-state index in [0.717, 1.165) is 5.56 Å². The summed E-state index contributed by atoms with van der Waals surface area (Å²) in [6.45, 7) is 1.38. The van der Waals surface area contributed by atoms with Gasteiger partial charge in [0.2, 0.25) is 5.91 Å². The van der Waals surface area contributed by atoms with Crippen molar-refractivity contribution in [2.75, 3.05) is 12.4 Å². The molecule has 24 heavy (non-hydrogen) atoms. The molecule has 0 aliphatic carbocycles. The van der Waals surface area contributed by atoms with Gasteiger partial charge in [-0.1, -0.05) is 0 Å². The Labute approximate surface area is 140 Å². The Morgan fingerprint density at radius 2 is 1.71 bits per heavy atom. The van der Waals surface area contributed by atoms with Gasteiger partial charge in [0.15, 0.2) is 0 Å². The molecule has 0 aromatic heterocycles. The van der Waals surface area contributed by atoms with E-state index in [4.69, 9.17) is 4.74 Å². The van der Waals surface area contributed by atoms with Gasteiger partial charge in [-0.15, -0.1) is 0 Å². The molecule has 2 rings (SSSR count). The largest absolute Gasteiger partial charge is 0.497 e. The van der Waals surface area contributed by atoms with Gasteiger partial charge in [-0.25, -0.2) is 4.83 Å². The molecule has 0 bridgehead atoms. The van der Waals surface area contributed by atoms with Gasteiger partial charge in [0.05, 0.1) is 18.2 Å². The van der Waals surface area contributed by atoms with E-state index in [1.165, 1.54) is 37.4 Å². The Morgan fingerprint density at radius 3 is 2.25 bits per heavy atom. The quantitative estimate of drug-likeness (QED) is 0.617. The highest BCUT2D eigenvalue weighted by Gasteiger charge is 2.12. The van der Waals surface area contributed by atoms with E-state index in [1.54, 1.807) is 31.4 Å². The normalized spacial score (nSPS) is 11.2. The second kappa shape index (κ2) is 7.60. The molecule has 0 fully saturated rings. The van der Waals surface area contributed by atoms with Crippen LogP contribution in [0.4, 0.5) is 5.69 Å². The van der Waals surface area contributed by atoms with Crippen LogP contribution in [0.15, 0.2) is 58.5 Å². The number of rotatable bonds is 6. The third-order valence-corrected chi connectivity index (χ3v) is 4.23. The Balaban J connectivity index is 2.04. The van der Waals surface area contributed by atoms with Gasteiger partial charge >= 0.3 is 0 Å². The van der Waals surface area contributed by atoms with Crippen molar-refractivity contribution in [3.05, 3.63) is 54.1 Å². The maximum Gasteiger partial charge on any atom is 0.276 e. The average molecular weight is 347 g/mol. The molecule has 0 saturated heterocycles. The average Bonchev–Trinajstić information content (AvgIpc) is 2.55. The third kappa shape index (κ3) is 4.82. The molecule has 126 valence electrons. The van der Waals surface area contributed by atoms with E-state index in [-0.39, 0.29) is 10.8 Å². The topological polar surface area (TPSA) is 96.9 Å². The van der Waals surface area contributed by atoms with Gasteiger partial charge in [-0.2, -0.15) is 13.5 Å². The SMILES string of the molecule is COc1ccc(C=NNS(=O)(=O)c2ccc(NC(C)=O)cc2)cc1. The van der Waals surface area contributed by atoms with Crippen molar-refractivity contribution in [3.63, 3.8) is 0 Å². The molecule has 0 atom stereocenters. The Kier molecular flexibility index (Phi) is 5.54. The lowest BCUT2D eigenvalue weighted by atomic mass is 10.2. The number of nitrogens with zero attached hydrogens (tertiary/aromatic N) is 1. The summed E-state index contributed by atoms with van der Waals surface area (Å²) in [5, 5.41) is 6.31. The lowest BCUT2D eigenvalue weighted by Gasteiger charge is -2.05. The third-order valence-electron chi connectivity index (χ3n) is 2.99. The highest BCUT2D eigenvalue weighted by atomic mass is 32.2. The standard InChI is InChI=1S/C16H17N3O4S/c1-12(20)18-14-5-9-16(10-6-14)24(21,22)19-17-11-13-3-7-15(23-2)8-4-13/h3-11,19H,1-2H3,(H,18,20). The lowest BCUT2D eigenvalue weighted by Crippen LogP contribution is -2.18. The van der Waals surface area contributed by atoms with Crippen LogP contribution in [0.25, 0.3) is 0 Å². The molecule has 1 amide bonds. The summed E-state index contributed by atoms with van der Waals surface area (Å²) in [5.41, 5.74) is 1.24. The first-order valence-electron chi connectivity index (χ1n) is 6.97. The van der Waals surface area contributed by atoms with Crippen LogP contribution in [-0.2, 0) is 14.8 Å². The number of hydrogen-bond acceptors (Lipinski definition) is 5. The number of amides is 1. The summed E-state index contributed by atoms with van der Waals surface area (Å²) in [5.74, 6) is 0.472. The van der Waals surface area contributed by atoms with E-state index in [1.807, 2.05) is 0 Å². The van der Waals surface area contributed by atoms with Crippen molar-refractivity contribution >= 4 is 27.8 Å². The van der Waals surface area contributed by atoms with Crippen LogP contribution in [0.3, 0.4) is 0 Å². The highest BCUT2D eigenvalue weighted by molar-refractivity contribution is 7.89. The minimum atomic E-state index is -3.77. The van der Waals surface area contributed by atoms with Crippen molar-refractivity contribution in [2.45, 2.75) is 11.8 Å². The van der Waals surface area contributed by atoms with Crippen LogP contribution in [-0.4, -0.2) is 27.6 Å².